The molecule has 4 atom stereocenters. The summed E-state index contributed by atoms with van der Waals surface area (Å²) < 4.78 is 35.6. The fraction of sp³-hybridized carbons (Fsp3) is 0.318. The third-order valence-electron chi connectivity index (χ3n) is 6.35. The van der Waals surface area contributed by atoms with Gasteiger partial charge in [0.1, 0.15) is 24.6 Å². The van der Waals surface area contributed by atoms with Crippen LogP contribution in [-0.4, -0.2) is 82.3 Å². The first-order valence-corrected chi connectivity index (χ1v) is 12.3. The number of nitrogens with two attached hydrogens (primary N) is 1. The first-order valence-electron chi connectivity index (χ1n) is 10.9. The van der Waals surface area contributed by atoms with Crippen molar-refractivity contribution in [2.75, 3.05) is 31.3 Å². The average Bonchev–Trinajstić information content (AvgIpc) is 3.38. The minimum Gasteiger partial charge on any atom is -0.394 e. The van der Waals surface area contributed by atoms with E-state index in [-0.39, 0.29) is 22.0 Å². The van der Waals surface area contributed by atoms with Gasteiger partial charge in [0, 0.05) is 30.6 Å². The molecule has 2 aromatic heterocycles. The smallest absolute Gasteiger partial charge is 0.286 e. The molecule has 1 saturated heterocycles. The van der Waals surface area contributed by atoms with Crippen LogP contribution in [0, 0.1) is 0 Å². The summed E-state index contributed by atoms with van der Waals surface area (Å²) in [5, 5.41) is 29.9. The molecule has 0 saturated carbocycles. The normalized spacial score (nSPS) is 24.5. The predicted octanol–water partition coefficient (Wildman–Crippen LogP) is -0.882. The van der Waals surface area contributed by atoms with Gasteiger partial charge in [0.05, 0.1) is 11.5 Å². The van der Waals surface area contributed by atoms with Gasteiger partial charge in [-0.3, -0.25) is 14.3 Å². The molecule has 0 radical (unpaired) electrons. The molecule has 5 rings (SSSR count). The molecular weight excluding hydrogens is 492 g/mol. The molecule has 1 aliphatic heterocycles. The minimum absolute atomic E-state index is 0.215. The Morgan fingerprint density at radius 2 is 1.89 bits per heavy atom. The second-order valence-corrected chi connectivity index (χ2v) is 10.7. The maximum absolute atomic E-state index is 14.5. The van der Waals surface area contributed by atoms with Crippen molar-refractivity contribution in [2.24, 2.45) is 0 Å². The summed E-state index contributed by atoms with van der Waals surface area (Å²) in [7, 11) is -1.14. The zero-order chi connectivity index (χ0) is 26.0. The van der Waals surface area contributed by atoms with Gasteiger partial charge < -0.3 is 30.7 Å². The first kappa shape index (κ1) is 24.1. The van der Waals surface area contributed by atoms with E-state index >= 15 is 0 Å². The number of nitrogen functional groups attached to an aromatic ring is 1. The summed E-state index contributed by atoms with van der Waals surface area (Å²) in [5.41, 5.74) is 5.15. The highest BCUT2D eigenvalue weighted by Gasteiger charge is 2.65. The highest BCUT2D eigenvalue weighted by molar-refractivity contribution is 7.92. The van der Waals surface area contributed by atoms with Crippen LogP contribution < -0.4 is 16.2 Å². The van der Waals surface area contributed by atoms with Gasteiger partial charge in [-0.05, 0) is 12.1 Å². The number of rotatable bonds is 5. The molecule has 0 aliphatic carbocycles. The van der Waals surface area contributed by atoms with Crippen molar-refractivity contribution in [3.8, 4) is 0 Å². The Kier molecular flexibility index (Phi) is 5.53. The number of aliphatic hydroxyl groups is 3. The number of hydrogen-bond acceptors (Lipinski definition) is 11. The van der Waals surface area contributed by atoms with Gasteiger partial charge in [0.2, 0.25) is 15.8 Å². The van der Waals surface area contributed by atoms with Crippen LogP contribution in [0.1, 0.15) is 0 Å². The van der Waals surface area contributed by atoms with E-state index in [1.54, 1.807) is 24.3 Å². The number of H-pyrrole nitrogens is 1. The van der Waals surface area contributed by atoms with Crippen molar-refractivity contribution in [3.05, 3.63) is 53.1 Å². The highest BCUT2D eigenvalue weighted by Crippen LogP contribution is 2.46. The van der Waals surface area contributed by atoms with Gasteiger partial charge >= 0.3 is 0 Å². The summed E-state index contributed by atoms with van der Waals surface area (Å²) in [4.78, 5) is 24.3. The quantitative estimate of drug-likeness (QED) is 0.221. The van der Waals surface area contributed by atoms with Gasteiger partial charge in [-0.15, -0.1) is 0 Å². The zero-order valence-electron chi connectivity index (χ0n) is 19.2. The Bertz CT molecular complexity index is 1650. The molecule has 36 heavy (non-hydrogen) atoms. The second kappa shape index (κ2) is 8.25. The lowest BCUT2D eigenvalue weighted by atomic mass is 10.1. The molecule has 1 aliphatic rings. The van der Waals surface area contributed by atoms with Crippen LogP contribution in [-0.2, 0) is 19.6 Å². The van der Waals surface area contributed by atoms with Crippen LogP contribution in [0.3, 0.4) is 0 Å². The molecule has 6 N–H and O–H groups in total. The van der Waals surface area contributed by atoms with Crippen LogP contribution >= 0.6 is 0 Å². The number of aromatic nitrogens is 4. The number of aliphatic hydroxyl groups excluding tert-OH is 3. The van der Waals surface area contributed by atoms with E-state index in [2.05, 4.69) is 15.0 Å². The Morgan fingerprint density at radius 3 is 2.56 bits per heavy atom. The molecule has 1 fully saturated rings. The number of benzene rings is 2. The lowest BCUT2D eigenvalue weighted by Crippen LogP contribution is -2.51. The Morgan fingerprint density at radius 1 is 1.19 bits per heavy atom. The number of nitrogens with zero attached hydrogens (tertiary/aromatic N) is 4. The van der Waals surface area contributed by atoms with Crippen molar-refractivity contribution >= 4 is 43.4 Å². The van der Waals surface area contributed by atoms with E-state index in [9.17, 15) is 28.5 Å². The average molecular weight is 517 g/mol. The third-order valence-corrected chi connectivity index (χ3v) is 8.59. The number of ether oxygens (including phenoxy) is 1. The van der Waals surface area contributed by atoms with E-state index in [0.29, 0.717) is 10.8 Å². The topological polar surface area (TPSA) is 197 Å². The molecule has 0 amide bonds. The predicted molar refractivity (Wildman–Crippen MR) is 130 cm³/mol. The van der Waals surface area contributed by atoms with Crippen molar-refractivity contribution < 1.29 is 28.5 Å². The summed E-state index contributed by atoms with van der Waals surface area (Å²) in [6.45, 7) is -0.793. The standard InChI is InChI=1S/C22H24N6O7S/c1-27(2)13-7-3-6-12-11(13)5-4-8-15(12)36(33,34)22(18(31)17(30)14(9-29)35-22)28-10-24-16-19(28)25-21(23)26-20(16)32/h3-8,10,14,17-18,29-31H,9H2,1-2H3,(H3,23,25,26,32)/t14-,17-,18-,22+/m1/s1. The summed E-state index contributed by atoms with van der Waals surface area (Å²) >= 11 is 0. The monoisotopic (exact) mass is 516 g/mol. The van der Waals surface area contributed by atoms with E-state index in [1.807, 2.05) is 25.1 Å². The molecule has 4 aromatic rings. The van der Waals surface area contributed by atoms with Crippen LogP contribution in [0.2, 0.25) is 0 Å². The van der Waals surface area contributed by atoms with Crippen LogP contribution in [0.25, 0.3) is 21.9 Å². The van der Waals surface area contributed by atoms with Crippen molar-refractivity contribution in [2.45, 2.75) is 28.3 Å². The number of imidazole rings is 1. The maximum Gasteiger partial charge on any atom is 0.286 e. The van der Waals surface area contributed by atoms with Crippen LogP contribution in [0.5, 0.6) is 0 Å². The molecule has 0 spiro atoms. The number of hydrogen-bond donors (Lipinski definition) is 5. The fourth-order valence-corrected chi connectivity index (χ4v) is 6.81. The van der Waals surface area contributed by atoms with Crippen LogP contribution in [0.4, 0.5) is 11.6 Å². The molecule has 13 nitrogen and oxygen atoms in total. The number of nitrogens with one attached hydrogen (secondary N) is 1. The fourth-order valence-electron chi connectivity index (χ4n) is 4.67. The molecule has 190 valence electrons. The number of anilines is 2. The molecular formula is C22H24N6O7S. The van der Waals surface area contributed by atoms with E-state index in [1.165, 1.54) is 6.07 Å². The number of sulfone groups is 1. The minimum atomic E-state index is -4.77. The Hall–Kier alpha value is -3.56. The number of aromatic amines is 1. The zero-order valence-corrected chi connectivity index (χ0v) is 20.0. The third kappa shape index (κ3) is 3.16. The lowest BCUT2D eigenvalue weighted by molar-refractivity contribution is -0.0841. The second-order valence-electron chi connectivity index (χ2n) is 8.67. The summed E-state index contributed by atoms with van der Waals surface area (Å²) in [6.07, 6.45) is -4.41. The van der Waals surface area contributed by atoms with E-state index in [4.69, 9.17) is 10.5 Å². The molecule has 0 bridgehead atoms. The van der Waals surface area contributed by atoms with Crippen molar-refractivity contribution in [1.29, 1.82) is 0 Å². The molecule has 14 heteroatoms. The SMILES string of the molecule is CN(C)c1cccc2c(S(=O)(=O)[C@@]3(n4cnc5c(=O)[nH]c(N)nc54)O[C@H](CO)[C@@H](O)[C@H]3O)cccc12. The van der Waals surface area contributed by atoms with Crippen molar-refractivity contribution in [1.82, 2.24) is 19.5 Å². The Labute approximate surface area is 204 Å². The van der Waals surface area contributed by atoms with Crippen LogP contribution in [0.15, 0.2) is 52.4 Å². The first-order chi connectivity index (χ1) is 17.0. The van der Waals surface area contributed by atoms with E-state index in [0.717, 1.165) is 16.6 Å². The van der Waals surface area contributed by atoms with Gasteiger partial charge in [-0.1, -0.05) is 24.3 Å². The van der Waals surface area contributed by atoms with E-state index < -0.39 is 45.4 Å². The summed E-state index contributed by atoms with van der Waals surface area (Å²) in [5.74, 6) is -0.325. The summed E-state index contributed by atoms with van der Waals surface area (Å²) in [6, 6.07) is 9.77. The Balaban J connectivity index is 1.88. The lowest BCUT2D eigenvalue weighted by Gasteiger charge is -2.33. The largest absolute Gasteiger partial charge is 0.394 e. The van der Waals surface area contributed by atoms with Gasteiger partial charge in [-0.25, -0.2) is 13.4 Å². The van der Waals surface area contributed by atoms with Gasteiger partial charge in [0.15, 0.2) is 11.2 Å². The number of fused-ring (bicyclic) bond motifs is 2. The van der Waals surface area contributed by atoms with Gasteiger partial charge in [-0.2, -0.15) is 4.98 Å². The highest BCUT2D eigenvalue weighted by atomic mass is 32.2. The molecule has 3 heterocycles. The molecule has 0 unspecified atom stereocenters. The van der Waals surface area contributed by atoms with Gasteiger partial charge in [0.25, 0.3) is 10.6 Å². The maximum atomic E-state index is 14.5. The molecule has 2 aromatic carbocycles. The van der Waals surface area contributed by atoms with Crippen molar-refractivity contribution in [3.63, 3.8) is 0 Å².